The van der Waals surface area contributed by atoms with Gasteiger partial charge in [-0.25, -0.2) is 0 Å². The van der Waals surface area contributed by atoms with Crippen LogP contribution >= 0.6 is 0 Å². The number of nitrogens with one attached hydrogen (secondary N) is 1. The molecule has 0 saturated carbocycles. The summed E-state index contributed by atoms with van der Waals surface area (Å²) in [7, 11) is 3.34. The molecule has 0 aliphatic carbocycles. The molecule has 7 nitrogen and oxygen atoms in total. The second-order valence-corrected chi connectivity index (χ2v) is 7.44. The van der Waals surface area contributed by atoms with Crippen LogP contribution in [0.1, 0.15) is 31.0 Å². The minimum Gasteiger partial charge on any atom is -0.497 e. The Kier molecular flexibility index (Phi) is 10.4. The van der Waals surface area contributed by atoms with Gasteiger partial charge in [0.15, 0.2) is 0 Å². The summed E-state index contributed by atoms with van der Waals surface area (Å²) in [5.41, 5.74) is 2.33. The maximum atomic E-state index is 11.6. The molecule has 166 valence electrons. The summed E-state index contributed by atoms with van der Waals surface area (Å²) < 4.78 is 17.9. The fourth-order valence-electron chi connectivity index (χ4n) is 3.35. The molecule has 0 saturated heterocycles. The van der Waals surface area contributed by atoms with Crippen LogP contribution in [0, 0.1) is 0 Å². The summed E-state index contributed by atoms with van der Waals surface area (Å²) in [4.78, 5) is 12.7. The number of methoxy groups -OCH3 is 2. The van der Waals surface area contributed by atoms with Gasteiger partial charge >= 0.3 is 5.97 Å². The van der Waals surface area contributed by atoms with Crippen molar-refractivity contribution in [3.63, 3.8) is 0 Å². The van der Waals surface area contributed by atoms with Crippen LogP contribution in [-0.4, -0.2) is 62.3 Å². The number of aliphatic hydroxyl groups excluding tert-OH is 1. The molecule has 0 amide bonds. The van der Waals surface area contributed by atoms with Crippen LogP contribution in [0.2, 0.25) is 0 Å². The highest BCUT2D eigenvalue weighted by molar-refractivity contribution is 5.69. The van der Waals surface area contributed by atoms with Gasteiger partial charge < -0.3 is 28.8 Å². The van der Waals surface area contributed by atoms with E-state index in [0.717, 1.165) is 37.4 Å². The molecule has 2 atom stereocenters. The molecule has 0 aliphatic heterocycles. The number of nitrogens with zero attached hydrogens (tertiary/aromatic N) is 1. The largest absolute Gasteiger partial charge is 0.497 e. The quantitative estimate of drug-likeness (QED) is 0.451. The molecule has 30 heavy (non-hydrogen) atoms. The van der Waals surface area contributed by atoms with Crippen LogP contribution in [0.3, 0.4) is 0 Å². The van der Waals surface area contributed by atoms with Crippen LogP contribution in [-0.2, 0) is 27.4 Å². The van der Waals surface area contributed by atoms with Gasteiger partial charge in [0.05, 0.1) is 19.4 Å². The third-order valence-electron chi connectivity index (χ3n) is 4.92. The lowest BCUT2D eigenvalue weighted by molar-refractivity contribution is -0.917. The molecular weight excluding hydrogens is 384 g/mol. The van der Waals surface area contributed by atoms with Crippen LogP contribution in [0.5, 0.6) is 5.75 Å². The van der Waals surface area contributed by atoms with Gasteiger partial charge in [-0.2, -0.15) is 0 Å². The van der Waals surface area contributed by atoms with Crippen molar-refractivity contribution in [2.45, 2.75) is 39.0 Å². The predicted molar refractivity (Wildman–Crippen MR) is 115 cm³/mol. The van der Waals surface area contributed by atoms with Gasteiger partial charge in [-0.1, -0.05) is 19.1 Å². The van der Waals surface area contributed by atoms with Crippen LogP contribution < -0.4 is 9.64 Å². The number of ether oxygens (including phenoxy) is 3. The minimum atomic E-state index is -0.709. The highest BCUT2D eigenvalue weighted by atomic mass is 16.5. The van der Waals surface area contributed by atoms with Crippen LogP contribution in [0.25, 0.3) is 0 Å². The van der Waals surface area contributed by atoms with E-state index in [0.29, 0.717) is 19.6 Å². The number of esters is 1. The lowest BCUT2D eigenvalue weighted by Crippen LogP contribution is -3.12. The maximum absolute atomic E-state index is 11.6. The number of carbonyl (C=O) groups is 1. The SMILES string of the molecule is CCCC(=O)OC[C@H](O)C[NH+](CCOC)Cc1cccn1Cc1cccc(OC)c1. The van der Waals surface area contributed by atoms with Gasteiger partial charge in [0.25, 0.3) is 0 Å². The van der Waals surface area contributed by atoms with Gasteiger partial charge in [-0.05, 0) is 36.2 Å². The van der Waals surface area contributed by atoms with Crippen molar-refractivity contribution in [3.8, 4) is 5.75 Å². The van der Waals surface area contributed by atoms with E-state index in [9.17, 15) is 9.90 Å². The topological polar surface area (TPSA) is 74.4 Å². The Morgan fingerprint density at radius 1 is 1.23 bits per heavy atom. The van der Waals surface area contributed by atoms with Crippen molar-refractivity contribution in [2.75, 3.05) is 40.5 Å². The van der Waals surface area contributed by atoms with Crippen molar-refractivity contribution < 1.29 is 29.0 Å². The third kappa shape index (κ3) is 8.18. The maximum Gasteiger partial charge on any atom is 0.305 e. The number of hydrogen-bond acceptors (Lipinski definition) is 5. The van der Waals surface area contributed by atoms with E-state index in [1.807, 2.05) is 31.2 Å². The summed E-state index contributed by atoms with van der Waals surface area (Å²) in [5.74, 6) is 0.580. The van der Waals surface area contributed by atoms with Gasteiger partial charge in [0, 0.05) is 26.3 Å². The first kappa shape index (κ1) is 23.9. The zero-order valence-electron chi connectivity index (χ0n) is 18.3. The lowest BCUT2D eigenvalue weighted by Gasteiger charge is -2.23. The molecule has 0 radical (unpaired) electrons. The summed E-state index contributed by atoms with van der Waals surface area (Å²) in [6.07, 6.45) is 2.47. The van der Waals surface area contributed by atoms with E-state index in [-0.39, 0.29) is 12.6 Å². The molecule has 2 N–H and O–H groups in total. The van der Waals surface area contributed by atoms with Crippen molar-refractivity contribution in [2.24, 2.45) is 0 Å². The molecule has 1 aromatic heterocycles. The number of rotatable bonds is 14. The molecular formula is C23H35N2O5+. The second kappa shape index (κ2) is 13.1. The monoisotopic (exact) mass is 419 g/mol. The van der Waals surface area contributed by atoms with Crippen molar-refractivity contribution in [1.82, 2.24) is 4.57 Å². The Labute approximate surface area is 179 Å². The lowest BCUT2D eigenvalue weighted by atomic mass is 10.2. The molecule has 0 aliphatic rings. The Bertz CT molecular complexity index is 762. The molecule has 1 unspecified atom stereocenters. The Morgan fingerprint density at radius 2 is 2.07 bits per heavy atom. The second-order valence-electron chi connectivity index (χ2n) is 7.44. The van der Waals surface area contributed by atoms with Gasteiger partial charge in [-0.15, -0.1) is 0 Å². The fraction of sp³-hybridized carbons (Fsp3) is 0.522. The standard InChI is InChI=1S/C23H34N2O5/c1-4-7-23(27)30-18-21(26)17-24(12-13-28-2)16-20-9-6-11-25(20)15-19-8-5-10-22(14-19)29-3/h5-6,8-11,14,21,26H,4,7,12-13,15-18H2,1-3H3/p+1/t21-/m1/s1. The molecule has 1 heterocycles. The molecule has 2 aromatic rings. The average Bonchev–Trinajstić information content (AvgIpc) is 3.17. The number of quaternary nitrogens is 1. The molecule has 0 fully saturated rings. The van der Waals surface area contributed by atoms with Gasteiger partial charge in [0.1, 0.15) is 38.1 Å². The minimum absolute atomic E-state index is 0.0279. The van der Waals surface area contributed by atoms with Gasteiger partial charge in [-0.3, -0.25) is 4.79 Å². The van der Waals surface area contributed by atoms with E-state index < -0.39 is 6.10 Å². The van der Waals surface area contributed by atoms with Gasteiger partial charge in [0.2, 0.25) is 0 Å². The van der Waals surface area contributed by atoms with E-state index in [1.54, 1.807) is 14.2 Å². The first-order valence-electron chi connectivity index (χ1n) is 10.5. The van der Waals surface area contributed by atoms with E-state index >= 15 is 0 Å². The molecule has 0 spiro atoms. The van der Waals surface area contributed by atoms with Crippen molar-refractivity contribution in [1.29, 1.82) is 0 Å². The first-order chi connectivity index (χ1) is 14.5. The molecule has 1 aromatic carbocycles. The molecule has 2 rings (SSSR count). The number of hydrogen-bond donors (Lipinski definition) is 2. The number of aliphatic hydroxyl groups is 1. The van der Waals surface area contributed by atoms with Crippen molar-refractivity contribution >= 4 is 5.97 Å². The number of carbonyl (C=O) groups excluding carboxylic acids is 1. The summed E-state index contributed by atoms with van der Waals surface area (Å²) in [6.45, 7) is 5.26. The van der Waals surface area contributed by atoms with E-state index in [1.165, 1.54) is 10.6 Å². The Hall–Kier alpha value is -2.35. The fourth-order valence-corrected chi connectivity index (χ4v) is 3.35. The number of aromatic nitrogens is 1. The highest BCUT2D eigenvalue weighted by Gasteiger charge is 2.19. The van der Waals surface area contributed by atoms with Crippen LogP contribution in [0.15, 0.2) is 42.6 Å². The first-order valence-corrected chi connectivity index (χ1v) is 10.5. The molecule has 7 heteroatoms. The highest BCUT2D eigenvalue weighted by Crippen LogP contribution is 2.14. The Morgan fingerprint density at radius 3 is 2.80 bits per heavy atom. The Balaban J connectivity index is 1.98. The zero-order valence-corrected chi connectivity index (χ0v) is 18.3. The number of benzene rings is 1. The normalized spacial score (nSPS) is 13.1. The summed E-state index contributed by atoms with van der Waals surface area (Å²) in [5, 5.41) is 10.4. The van der Waals surface area contributed by atoms with E-state index in [4.69, 9.17) is 14.2 Å². The predicted octanol–water partition coefficient (Wildman–Crippen LogP) is 1.28. The van der Waals surface area contributed by atoms with Crippen molar-refractivity contribution in [3.05, 3.63) is 53.9 Å². The third-order valence-corrected chi connectivity index (χ3v) is 4.92. The van der Waals surface area contributed by atoms with Crippen LogP contribution in [0.4, 0.5) is 0 Å². The molecule has 0 bridgehead atoms. The summed E-state index contributed by atoms with van der Waals surface area (Å²) in [6, 6.07) is 12.2. The smallest absolute Gasteiger partial charge is 0.305 e. The zero-order chi connectivity index (χ0) is 21.8. The van der Waals surface area contributed by atoms with E-state index in [2.05, 4.69) is 22.9 Å². The summed E-state index contributed by atoms with van der Waals surface area (Å²) >= 11 is 0. The average molecular weight is 420 g/mol.